The Kier molecular flexibility index (Phi) is 6.37. The van der Waals surface area contributed by atoms with Crippen molar-refractivity contribution in [3.8, 4) is 0 Å². The Morgan fingerprint density at radius 1 is 1.00 bits per heavy atom. The van der Waals surface area contributed by atoms with Crippen LogP contribution < -0.4 is 16.4 Å². The summed E-state index contributed by atoms with van der Waals surface area (Å²) < 4.78 is 26.3. The van der Waals surface area contributed by atoms with Gasteiger partial charge in [-0.3, -0.25) is 14.4 Å². The third-order valence-electron chi connectivity index (χ3n) is 3.51. The number of hydrogen-bond donors (Lipinski definition) is 3. The van der Waals surface area contributed by atoms with E-state index in [2.05, 4.69) is 10.6 Å². The van der Waals surface area contributed by atoms with Crippen LogP contribution >= 0.6 is 0 Å². The summed E-state index contributed by atoms with van der Waals surface area (Å²) in [7, 11) is 0. The number of primary amides is 1. The van der Waals surface area contributed by atoms with Crippen LogP contribution in [0.5, 0.6) is 0 Å². The molecule has 0 aliphatic rings. The number of amides is 3. The summed E-state index contributed by atoms with van der Waals surface area (Å²) in [5.41, 5.74) is 5.93. The van der Waals surface area contributed by atoms with Gasteiger partial charge in [-0.05, 0) is 29.8 Å². The van der Waals surface area contributed by atoms with Gasteiger partial charge in [0.2, 0.25) is 11.8 Å². The third kappa shape index (κ3) is 5.37. The van der Waals surface area contributed by atoms with E-state index < -0.39 is 23.4 Å². The summed E-state index contributed by atoms with van der Waals surface area (Å²) >= 11 is 0. The van der Waals surface area contributed by atoms with Crippen LogP contribution in [-0.4, -0.2) is 24.3 Å². The molecule has 0 bridgehead atoms. The van der Waals surface area contributed by atoms with Crippen molar-refractivity contribution in [2.75, 3.05) is 6.54 Å². The molecular formula is C18H17F2N3O3. The van der Waals surface area contributed by atoms with Gasteiger partial charge in [-0.2, -0.15) is 0 Å². The Morgan fingerprint density at radius 3 is 2.46 bits per heavy atom. The van der Waals surface area contributed by atoms with Crippen LogP contribution in [0.4, 0.5) is 8.78 Å². The van der Waals surface area contributed by atoms with Crippen LogP contribution in [0, 0.1) is 11.6 Å². The molecule has 0 aromatic heterocycles. The molecule has 0 aliphatic heterocycles. The van der Waals surface area contributed by atoms with Crippen LogP contribution in [0.25, 0.3) is 0 Å². The van der Waals surface area contributed by atoms with Gasteiger partial charge in [0, 0.05) is 31.1 Å². The molecule has 0 aliphatic carbocycles. The molecule has 3 amide bonds. The molecule has 0 saturated heterocycles. The van der Waals surface area contributed by atoms with E-state index in [1.807, 2.05) is 0 Å². The lowest BCUT2D eigenvalue weighted by Gasteiger charge is -2.08. The normalized spacial score (nSPS) is 10.2. The van der Waals surface area contributed by atoms with E-state index in [-0.39, 0.29) is 31.0 Å². The van der Waals surface area contributed by atoms with Crippen LogP contribution in [-0.2, 0) is 11.3 Å². The van der Waals surface area contributed by atoms with Crippen molar-refractivity contribution in [1.29, 1.82) is 0 Å². The lowest BCUT2D eigenvalue weighted by atomic mass is 10.1. The van der Waals surface area contributed by atoms with Gasteiger partial charge < -0.3 is 16.4 Å². The second-order valence-electron chi connectivity index (χ2n) is 5.47. The Balaban J connectivity index is 1.77. The van der Waals surface area contributed by atoms with Gasteiger partial charge in [0.1, 0.15) is 11.6 Å². The van der Waals surface area contributed by atoms with E-state index in [0.717, 1.165) is 12.1 Å². The lowest BCUT2D eigenvalue weighted by Crippen LogP contribution is -2.31. The minimum atomic E-state index is -0.971. The topological polar surface area (TPSA) is 101 Å². The van der Waals surface area contributed by atoms with Crippen molar-refractivity contribution in [3.05, 3.63) is 70.8 Å². The number of nitrogens with two attached hydrogens (primary N) is 1. The largest absolute Gasteiger partial charge is 0.366 e. The van der Waals surface area contributed by atoms with E-state index in [1.165, 1.54) is 0 Å². The van der Waals surface area contributed by atoms with Gasteiger partial charge in [0.15, 0.2) is 0 Å². The predicted molar refractivity (Wildman–Crippen MR) is 90.1 cm³/mol. The molecule has 6 nitrogen and oxygen atoms in total. The molecule has 2 aromatic rings. The van der Waals surface area contributed by atoms with Crippen LogP contribution in [0.15, 0.2) is 42.5 Å². The van der Waals surface area contributed by atoms with Crippen molar-refractivity contribution in [1.82, 2.24) is 10.6 Å². The smallest absolute Gasteiger partial charge is 0.254 e. The molecule has 2 aromatic carbocycles. The van der Waals surface area contributed by atoms with E-state index in [4.69, 9.17) is 5.73 Å². The first-order valence-electron chi connectivity index (χ1n) is 7.75. The molecule has 0 saturated carbocycles. The molecule has 4 N–H and O–H groups in total. The molecule has 2 rings (SSSR count). The van der Waals surface area contributed by atoms with Gasteiger partial charge in [0.25, 0.3) is 5.91 Å². The maximum Gasteiger partial charge on any atom is 0.254 e. The number of carbonyl (C=O) groups is 3. The average molecular weight is 361 g/mol. The van der Waals surface area contributed by atoms with Gasteiger partial charge in [-0.1, -0.05) is 12.1 Å². The molecular weight excluding hydrogens is 344 g/mol. The predicted octanol–water partition coefficient (Wildman–Crippen LogP) is 1.50. The van der Waals surface area contributed by atoms with E-state index in [1.54, 1.807) is 24.3 Å². The average Bonchev–Trinajstić information content (AvgIpc) is 2.60. The van der Waals surface area contributed by atoms with Crippen molar-refractivity contribution < 1.29 is 23.2 Å². The summed E-state index contributed by atoms with van der Waals surface area (Å²) in [4.78, 5) is 34.7. The van der Waals surface area contributed by atoms with Crippen molar-refractivity contribution >= 4 is 17.7 Å². The van der Waals surface area contributed by atoms with Crippen molar-refractivity contribution in [3.63, 3.8) is 0 Å². The first-order chi connectivity index (χ1) is 12.4. The molecule has 136 valence electrons. The summed E-state index contributed by atoms with van der Waals surface area (Å²) in [5.74, 6) is -3.38. The molecule has 0 fully saturated rings. The highest BCUT2D eigenvalue weighted by Gasteiger charge is 2.12. The maximum atomic E-state index is 13.5. The summed E-state index contributed by atoms with van der Waals surface area (Å²) in [6, 6.07) is 9.14. The highest BCUT2D eigenvalue weighted by Crippen LogP contribution is 2.09. The fourth-order valence-electron chi connectivity index (χ4n) is 2.18. The lowest BCUT2D eigenvalue weighted by molar-refractivity contribution is -0.121. The molecule has 0 heterocycles. The summed E-state index contributed by atoms with van der Waals surface area (Å²) in [6.07, 6.45) is -0.0237. The highest BCUT2D eigenvalue weighted by molar-refractivity contribution is 5.94. The molecule has 0 spiro atoms. The molecule has 0 unspecified atom stereocenters. The summed E-state index contributed by atoms with van der Waals surface area (Å²) in [6.45, 7) is 0.184. The third-order valence-corrected chi connectivity index (χ3v) is 3.51. The highest BCUT2D eigenvalue weighted by atomic mass is 19.1. The van der Waals surface area contributed by atoms with Crippen LogP contribution in [0.1, 0.15) is 32.7 Å². The molecule has 8 heteroatoms. The Hall–Kier alpha value is -3.29. The van der Waals surface area contributed by atoms with Gasteiger partial charge in [-0.15, -0.1) is 0 Å². The van der Waals surface area contributed by atoms with Gasteiger partial charge in [-0.25, -0.2) is 8.78 Å². The number of halogens is 2. The fraction of sp³-hybridized carbons (Fsp3) is 0.167. The molecule has 0 radical (unpaired) electrons. The van der Waals surface area contributed by atoms with E-state index >= 15 is 0 Å². The second-order valence-corrected chi connectivity index (χ2v) is 5.47. The number of carbonyl (C=O) groups excluding carboxylic acids is 3. The number of hydrogen-bond acceptors (Lipinski definition) is 3. The fourth-order valence-corrected chi connectivity index (χ4v) is 2.18. The zero-order valence-corrected chi connectivity index (χ0v) is 13.7. The maximum absolute atomic E-state index is 13.5. The standard InChI is InChI=1S/C18H17F2N3O3/c19-13-4-5-14(15(20)9-13)18(26)22-7-6-16(24)23-10-11-2-1-3-12(8-11)17(21)25/h1-5,8-9H,6-7,10H2,(H2,21,25)(H,22,26)(H,23,24). The van der Waals surface area contributed by atoms with Crippen LogP contribution in [0.2, 0.25) is 0 Å². The minimum Gasteiger partial charge on any atom is -0.366 e. The molecule has 0 atom stereocenters. The van der Waals surface area contributed by atoms with Crippen LogP contribution in [0.3, 0.4) is 0 Å². The zero-order valence-electron chi connectivity index (χ0n) is 13.7. The van der Waals surface area contributed by atoms with E-state index in [9.17, 15) is 23.2 Å². The SMILES string of the molecule is NC(=O)c1cccc(CNC(=O)CCNC(=O)c2ccc(F)cc2F)c1. The first-order valence-corrected chi connectivity index (χ1v) is 7.75. The summed E-state index contributed by atoms with van der Waals surface area (Å²) in [5, 5.41) is 5.02. The van der Waals surface area contributed by atoms with Crippen molar-refractivity contribution in [2.45, 2.75) is 13.0 Å². The first kappa shape index (κ1) is 19.0. The van der Waals surface area contributed by atoms with E-state index in [0.29, 0.717) is 17.2 Å². The minimum absolute atomic E-state index is 0.0111. The second kappa shape index (κ2) is 8.70. The number of rotatable bonds is 7. The zero-order chi connectivity index (χ0) is 19.1. The number of benzene rings is 2. The Labute approximate surface area is 148 Å². The number of nitrogens with one attached hydrogen (secondary N) is 2. The van der Waals surface area contributed by atoms with Gasteiger partial charge >= 0.3 is 0 Å². The Morgan fingerprint density at radius 2 is 1.77 bits per heavy atom. The monoisotopic (exact) mass is 361 g/mol. The van der Waals surface area contributed by atoms with Crippen molar-refractivity contribution in [2.24, 2.45) is 5.73 Å². The Bertz CT molecular complexity index is 840. The quantitative estimate of drug-likeness (QED) is 0.696. The molecule has 26 heavy (non-hydrogen) atoms. The van der Waals surface area contributed by atoms with Gasteiger partial charge in [0.05, 0.1) is 5.56 Å².